The number of carboxylic acid groups (broad SMARTS) is 1. The highest BCUT2D eigenvalue weighted by Gasteiger charge is 2.19. The zero-order valence-corrected chi connectivity index (χ0v) is 10.7. The Morgan fingerprint density at radius 3 is 2.69 bits per heavy atom. The number of hydrogen-bond donors (Lipinski definition) is 1. The van der Waals surface area contributed by atoms with Gasteiger partial charge in [-0.15, -0.1) is 0 Å². The van der Waals surface area contributed by atoms with E-state index in [9.17, 15) is 4.79 Å². The van der Waals surface area contributed by atoms with Crippen LogP contribution in [0.15, 0.2) is 0 Å². The summed E-state index contributed by atoms with van der Waals surface area (Å²) in [6.07, 6.45) is 0.448. The molecule has 0 bridgehead atoms. The van der Waals surface area contributed by atoms with Crippen LogP contribution in [0.4, 0.5) is 5.13 Å². The van der Waals surface area contributed by atoms with Gasteiger partial charge in [-0.25, -0.2) is 0 Å². The maximum absolute atomic E-state index is 10.8. The lowest BCUT2D eigenvalue weighted by atomic mass is 10.1. The molecule has 0 spiro atoms. The highest BCUT2D eigenvalue weighted by atomic mass is 32.1. The molecule has 6 heteroatoms. The average molecular weight is 244 g/mol. The number of carboxylic acids is 1. The van der Waals surface area contributed by atoms with Gasteiger partial charge in [-0.2, -0.15) is 4.98 Å². The van der Waals surface area contributed by atoms with Gasteiger partial charge in [-0.05, 0) is 0 Å². The smallest absolute Gasteiger partial charge is 0.306 e. The summed E-state index contributed by atoms with van der Waals surface area (Å²) in [6.45, 7) is 1.68. The van der Waals surface area contributed by atoms with E-state index in [1.54, 1.807) is 14.0 Å². The van der Waals surface area contributed by atoms with Crippen LogP contribution in [0, 0.1) is 5.92 Å². The minimum Gasteiger partial charge on any atom is -0.481 e. The molecular formula is C10H16N2O3S. The van der Waals surface area contributed by atoms with E-state index in [2.05, 4.69) is 4.98 Å². The Bertz CT molecular complexity index is 376. The number of anilines is 1. The van der Waals surface area contributed by atoms with Crippen LogP contribution in [0.1, 0.15) is 11.8 Å². The van der Waals surface area contributed by atoms with Crippen LogP contribution >= 0.6 is 11.3 Å². The number of aromatic nitrogens is 1. The summed E-state index contributed by atoms with van der Waals surface area (Å²) in [5, 5.41) is 9.68. The fraction of sp³-hybridized carbons (Fsp3) is 0.600. The number of rotatable bonds is 5. The molecular weight excluding hydrogens is 228 g/mol. The molecule has 1 heterocycles. The van der Waals surface area contributed by atoms with Gasteiger partial charge in [0.25, 0.3) is 0 Å². The van der Waals surface area contributed by atoms with Crippen molar-refractivity contribution in [2.24, 2.45) is 5.92 Å². The largest absolute Gasteiger partial charge is 0.481 e. The van der Waals surface area contributed by atoms with Gasteiger partial charge in [0.15, 0.2) is 5.13 Å². The highest BCUT2D eigenvalue weighted by molar-refractivity contribution is 7.15. The summed E-state index contributed by atoms with van der Waals surface area (Å²) in [4.78, 5) is 17.8. The average Bonchev–Trinajstić information content (AvgIpc) is 2.60. The van der Waals surface area contributed by atoms with Crippen LogP contribution in [0.5, 0.6) is 5.88 Å². The first-order valence-corrected chi connectivity index (χ1v) is 5.71. The molecule has 0 aliphatic heterocycles. The number of methoxy groups -OCH3 is 1. The van der Waals surface area contributed by atoms with Crippen molar-refractivity contribution in [3.8, 4) is 5.88 Å². The summed E-state index contributed by atoms with van der Waals surface area (Å²) in [6, 6.07) is 0. The van der Waals surface area contributed by atoms with E-state index in [1.165, 1.54) is 11.3 Å². The Balaban J connectivity index is 2.90. The molecule has 1 aromatic rings. The maximum Gasteiger partial charge on any atom is 0.306 e. The zero-order chi connectivity index (χ0) is 12.3. The summed E-state index contributed by atoms with van der Waals surface area (Å²) < 4.78 is 5.14. The summed E-state index contributed by atoms with van der Waals surface area (Å²) in [5.74, 6) is -0.701. The van der Waals surface area contributed by atoms with E-state index >= 15 is 0 Å². The third kappa shape index (κ3) is 2.85. The van der Waals surface area contributed by atoms with E-state index in [1.807, 2.05) is 19.0 Å². The highest BCUT2D eigenvalue weighted by Crippen LogP contribution is 2.32. The lowest BCUT2D eigenvalue weighted by Gasteiger charge is -2.05. The molecule has 90 valence electrons. The van der Waals surface area contributed by atoms with Crippen LogP contribution in [0.2, 0.25) is 0 Å². The van der Waals surface area contributed by atoms with Crippen molar-refractivity contribution in [2.75, 3.05) is 26.1 Å². The van der Waals surface area contributed by atoms with Gasteiger partial charge in [0, 0.05) is 20.5 Å². The summed E-state index contributed by atoms with van der Waals surface area (Å²) in [7, 11) is 5.33. The minimum absolute atomic E-state index is 0.427. The molecule has 0 amide bonds. The SMILES string of the molecule is COc1nc(N(C)C)sc1CC(C)C(=O)O. The third-order valence-electron chi connectivity index (χ3n) is 2.14. The molecule has 0 aromatic carbocycles. The van der Waals surface area contributed by atoms with Gasteiger partial charge in [0.05, 0.1) is 17.9 Å². The van der Waals surface area contributed by atoms with Gasteiger partial charge in [-0.3, -0.25) is 4.79 Å². The lowest BCUT2D eigenvalue weighted by Crippen LogP contribution is -2.11. The van der Waals surface area contributed by atoms with Crippen molar-refractivity contribution in [2.45, 2.75) is 13.3 Å². The molecule has 1 N–H and O–H groups in total. The standard InChI is InChI=1S/C10H16N2O3S/c1-6(9(13)14)5-7-8(15-4)11-10(16-7)12(2)3/h6H,5H2,1-4H3,(H,13,14). The molecule has 1 atom stereocenters. The van der Waals surface area contributed by atoms with E-state index in [0.717, 1.165) is 10.0 Å². The van der Waals surface area contributed by atoms with Crippen LogP contribution in [-0.2, 0) is 11.2 Å². The fourth-order valence-corrected chi connectivity index (χ4v) is 2.25. The Morgan fingerprint density at radius 1 is 1.62 bits per heavy atom. The number of ether oxygens (including phenoxy) is 1. The second kappa shape index (κ2) is 5.16. The van der Waals surface area contributed by atoms with E-state index in [4.69, 9.17) is 9.84 Å². The monoisotopic (exact) mass is 244 g/mol. The minimum atomic E-state index is -0.804. The van der Waals surface area contributed by atoms with Crippen LogP contribution in [0.3, 0.4) is 0 Å². The molecule has 16 heavy (non-hydrogen) atoms. The maximum atomic E-state index is 10.8. The molecule has 0 fully saturated rings. The van der Waals surface area contributed by atoms with Gasteiger partial charge >= 0.3 is 5.97 Å². The fourth-order valence-electron chi connectivity index (χ4n) is 1.17. The van der Waals surface area contributed by atoms with E-state index in [0.29, 0.717) is 12.3 Å². The Kier molecular flexibility index (Phi) is 4.12. The van der Waals surface area contributed by atoms with Crippen molar-refractivity contribution in [3.05, 3.63) is 4.88 Å². The Labute approximate surface area is 98.7 Å². The van der Waals surface area contributed by atoms with Crippen molar-refractivity contribution in [1.29, 1.82) is 0 Å². The van der Waals surface area contributed by atoms with Gasteiger partial charge in [-0.1, -0.05) is 18.3 Å². The Hall–Kier alpha value is -1.30. The van der Waals surface area contributed by atoms with E-state index in [-0.39, 0.29) is 0 Å². The first kappa shape index (κ1) is 12.8. The van der Waals surface area contributed by atoms with Crippen molar-refractivity contribution in [3.63, 3.8) is 0 Å². The molecule has 0 saturated heterocycles. The second-order valence-corrected chi connectivity index (χ2v) is 4.83. The van der Waals surface area contributed by atoms with Crippen molar-refractivity contribution >= 4 is 22.4 Å². The lowest BCUT2D eigenvalue weighted by molar-refractivity contribution is -0.141. The number of hydrogen-bond acceptors (Lipinski definition) is 5. The summed E-state index contributed by atoms with van der Waals surface area (Å²) >= 11 is 1.46. The second-order valence-electron chi connectivity index (χ2n) is 3.77. The number of nitrogens with zero attached hydrogens (tertiary/aromatic N) is 2. The van der Waals surface area contributed by atoms with E-state index < -0.39 is 11.9 Å². The van der Waals surface area contributed by atoms with Gasteiger partial charge in [0.2, 0.25) is 5.88 Å². The van der Waals surface area contributed by atoms with Crippen LogP contribution in [0.25, 0.3) is 0 Å². The van der Waals surface area contributed by atoms with Crippen LogP contribution in [-0.4, -0.2) is 37.3 Å². The predicted octanol–water partition coefficient (Wildman–Crippen LogP) is 1.48. The normalized spacial score (nSPS) is 12.2. The van der Waals surface area contributed by atoms with Gasteiger partial charge in [0.1, 0.15) is 0 Å². The molecule has 1 rings (SSSR count). The topological polar surface area (TPSA) is 62.7 Å². The molecule has 0 saturated carbocycles. The molecule has 5 nitrogen and oxygen atoms in total. The quantitative estimate of drug-likeness (QED) is 0.850. The number of carbonyl (C=O) groups is 1. The van der Waals surface area contributed by atoms with Crippen molar-refractivity contribution < 1.29 is 14.6 Å². The molecule has 0 aliphatic rings. The first-order chi connectivity index (χ1) is 7.45. The Morgan fingerprint density at radius 2 is 2.25 bits per heavy atom. The first-order valence-electron chi connectivity index (χ1n) is 4.89. The van der Waals surface area contributed by atoms with Crippen LogP contribution < -0.4 is 9.64 Å². The van der Waals surface area contributed by atoms with Crippen molar-refractivity contribution in [1.82, 2.24) is 4.98 Å². The molecule has 1 aromatic heterocycles. The number of thiazole rings is 1. The molecule has 0 radical (unpaired) electrons. The molecule has 1 unspecified atom stereocenters. The predicted molar refractivity (Wildman–Crippen MR) is 63.5 cm³/mol. The zero-order valence-electron chi connectivity index (χ0n) is 9.85. The third-order valence-corrected chi connectivity index (χ3v) is 3.37. The molecule has 0 aliphatic carbocycles. The summed E-state index contributed by atoms with van der Waals surface area (Å²) in [5.41, 5.74) is 0. The number of aliphatic carboxylic acids is 1. The van der Waals surface area contributed by atoms with Gasteiger partial charge < -0.3 is 14.7 Å².